The molecule has 5 N–H and O–H groups in total. The summed E-state index contributed by atoms with van der Waals surface area (Å²) in [5, 5.41) is 8.88. The smallest absolute Gasteiger partial charge is 0.335 e. The summed E-state index contributed by atoms with van der Waals surface area (Å²) in [7, 11) is 0. The third kappa shape index (κ3) is 2.83. The predicted molar refractivity (Wildman–Crippen MR) is 73.2 cm³/mol. The Morgan fingerprint density at radius 1 is 1.25 bits per heavy atom. The number of guanidine groups is 2. The Morgan fingerprint density at radius 2 is 1.80 bits per heavy atom. The van der Waals surface area contributed by atoms with Crippen LogP contribution < -0.4 is 28.8 Å². The molecule has 0 bridgehead atoms. The maximum Gasteiger partial charge on any atom is 0.335 e. The Labute approximate surface area is 122 Å². The van der Waals surface area contributed by atoms with Gasteiger partial charge < -0.3 is 29.0 Å². The van der Waals surface area contributed by atoms with Gasteiger partial charge in [-0.1, -0.05) is 0 Å². The van der Waals surface area contributed by atoms with Gasteiger partial charge in [-0.2, -0.15) is 4.99 Å². The molecule has 0 atom stereocenters. The molecule has 1 aromatic carbocycles. The van der Waals surface area contributed by atoms with Crippen LogP contribution in [0.4, 0.5) is 5.69 Å². The minimum atomic E-state index is -0.978. The van der Waals surface area contributed by atoms with Gasteiger partial charge in [-0.15, -0.1) is 0 Å². The fourth-order valence-corrected chi connectivity index (χ4v) is 2.00. The van der Waals surface area contributed by atoms with E-state index in [-0.39, 0.29) is 29.9 Å². The Hall–Kier alpha value is -2.28. The molecule has 0 radical (unpaired) electrons. The molecule has 1 aliphatic rings. The fraction of sp³-hybridized carbons (Fsp3) is 0.250. The molecule has 1 aliphatic heterocycles. The summed E-state index contributed by atoms with van der Waals surface area (Å²) in [6, 6.07) is 6.32. The first-order valence-electron chi connectivity index (χ1n) is 5.64. The normalized spacial score (nSPS) is 16.8. The van der Waals surface area contributed by atoms with Gasteiger partial charge >= 0.3 is 5.97 Å². The van der Waals surface area contributed by atoms with Crippen molar-refractivity contribution in [3.05, 3.63) is 29.8 Å². The highest BCUT2D eigenvalue weighted by Gasteiger charge is 2.32. The van der Waals surface area contributed by atoms with E-state index in [0.717, 1.165) is 0 Å². The number of anilines is 1. The zero-order chi connectivity index (χ0) is 14.2. The molecule has 1 heterocycles. The lowest BCUT2D eigenvalue weighted by Crippen LogP contribution is -3.00. The van der Waals surface area contributed by atoms with Crippen molar-refractivity contribution in [2.75, 3.05) is 4.90 Å². The summed E-state index contributed by atoms with van der Waals surface area (Å²) in [4.78, 5) is 20.7. The Balaban J connectivity index is 0.00000200. The molecule has 0 saturated carbocycles. The molecule has 0 aromatic heterocycles. The van der Waals surface area contributed by atoms with Gasteiger partial charge in [0.05, 0.1) is 5.56 Å². The van der Waals surface area contributed by atoms with Crippen molar-refractivity contribution in [2.24, 2.45) is 21.5 Å². The number of carboxylic acids is 1. The van der Waals surface area contributed by atoms with Gasteiger partial charge in [-0.05, 0) is 38.1 Å². The molecule has 20 heavy (non-hydrogen) atoms. The van der Waals surface area contributed by atoms with E-state index in [9.17, 15) is 4.79 Å². The first-order valence-corrected chi connectivity index (χ1v) is 5.64. The van der Waals surface area contributed by atoms with Gasteiger partial charge in [0.25, 0.3) is 0 Å². The third-order valence-electron chi connectivity index (χ3n) is 2.77. The maximum atomic E-state index is 10.8. The number of rotatable bonds is 2. The van der Waals surface area contributed by atoms with Gasteiger partial charge in [0.2, 0.25) is 11.9 Å². The van der Waals surface area contributed by atoms with Crippen LogP contribution in [0.1, 0.15) is 24.2 Å². The number of carbonyl (C=O) groups is 1. The largest absolute Gasteiger partial charge is 1.00 e. The van der Waals surface area contributed by atoms with Crippen molar-refractivity contribution in [3.8, 4) is 0 Å². The van der Waals surface area contributed by atoms with Crippen LogP contribution in [0.3, 0.4) is 0 Å². The van der Waals surface area contributed by atoms with Gasteiger partial charge in [0, 0.05) is 5.69 Å². The zero-order valence-electron chi connectivity index (χ0n) is 11.0. The van der Waals surface area contributed by atoms with Crippen LogP contribution in [0, 0.1) is 0 Å². The molecule has 0 fully saturated rings. The number of nitrogens with zero attached hydrogens (tertiary/aromatic N) is 3. The lowest BCUT2D eigenvalue weighted by atomic mass is 10.1. The number of aliphatic imine (C=N–C) groups is 2. The summed E-state index contributed by atoms with van der Waals surface area (Å²) >= 11 is 0. The first kappa shape index (κ1) is 15.8. The van der Waals surface area contributed by atoms with Crippen LogP contribution >= 0.6 is 0 Å². The molecule has 2 rings (SSSR count). The molecular formula is C12H15ClN5O2-. The van der Waals surface area contributed by atoms with Crippen molar-refractivity contribution in [1.82, 2.24) is 0 Å². The quantitative estimate of drug-likeness (QED) is 0.561. The molecular weight excluding hydrogens is 282 g/mol. The Kier molecular flexibility index (Phi) is 4.24. The second kappa shape index (κ2) is 5.38. The van der Waals surface area contributed by atoms with Crippen molar-refractivity contribution in [2.45, 2.75) is 19.5 Å². The molecule has 0 spiro atoms. The van der Waals surface area contributed by atoms with Crippen LogP contribution in [0.25, 0.3) is 0 Å². The van der Waals surface area contributed by atoms with Gasteiger partial charge in [-0.3, -0.25) is 4.90 Å². The monoisotopic (exact) mass is 296 g/mol. The lowest BCUT2D eigenvalue weighted by molar-refractivity contribution is -0.0000204. The molecule has 7 nitrogen and oxygen atoms in total. The Bertz CT molecular complexity index is 580. The maximum absolute atomic E-state index is 10.8. The standard InChI is InChI=1S/C12H15N5O2.ClH/c1-12(2)16-10(13)15-11(14)17(12)8-5-3-7(4-6-8)9(18)19;/h3-6H,1-2H3,(H,18,19)(H4,13,14,15,16);1H/p-1. The minimum Gasteiger partial charge on any atom is -1.00 e. The number of carboxylic acid groups (broad SMARTS) is 1. The SMILES string of the molecule is CC1(C)N=C(N)N=C(N)N1c1ccc(C(=O)O)cc1.[Cl-]. The van der Waals surface area contributed by atoms with Crippen LogP contribution in [0.5, 0.6) is 0 Å². The number of halogens is 1. The van der Waals surface area contributed by atoms with Crippen molar-refractivity contribution >= 4 is 23.6 Å². The van der Waals surface area contributed by atoms with Crippen molar-refractivity contribution in [1.29, 1.82) is 0 Å². The first-order chi connectivity index (χ1) is 8.81. The van der Waals surface area contributed by atoms with Gasteiger partial charge in [0.1, 0.15) is 5.66 Å². The highest BCUT2D eigenvalue weighted by Crippen LogP contribution is 2.27. The average Bonchev–Trinajstić information content (AvgIpc) is 2.26. The number of hydrogen-bond acceptors (Lipinski definition) is 6. The fourth-order valence-electron chi connectivity index (χ4n) is 2.00. The zero-order valence-corrected chi connectivity index (χ0v) is 11.8. The number of benzene rings is 1. The summed E-state index contributed by atoms with van der Waals surface area (Å²) in [5.41, 5.74) is 11.7. The number of aromatic carboxylic acids is 1. The van der Waals surface area contributed by atoms with E-state index < -0.39 is 11.6 Å². The second-order valence-electron chi connectivity index (χ2n) is 4.62. The van der Waals surface area contributed by atoms with E-state index in [0.29, 0.717) is 5.69 Å². The van der Waals surface area contributed by atoms with E-state index in [1.54, 1.807) is 17.0 Å². The molecule has 0 saturated heterocycles. The Morgan fingerprint density at radius 3 is 2.25 bits per heavy atom. The van der Waals surface area contributed by atoms with Gasteiger partial charge in [0.15, 0.2) is 0 Å². The average molecular weight is 297 g/mol. The van der Waals surface area contributed by atoms with E-state index in [1.807, 2.05) is 13.8 Å². The minimum absolute atomic E-state index is 0. The van der Waals surface area contributed by atoms with Crippen molar-refractivity contribution < 1.29 is 22.3 Å². The molecule has 0 unspecified atom stereocenters. The van der Waals surface area contributed by atoms with E-state index in [1.165, 1.54) is 12.1 Å². The summed E-state index contributed by atoms with van der Waals surface area (Å²) in [6.07, 6.45) is 0. The van der Waals surface area contributed by atoms with E-state index >= 15 is 0 Å². The topological polar surface area (TPSA) is 117 Å². The number of hydrogen-bond donors (Lipinski definition) is 3. The molecule has 0 amide bonds. The van der Waals surface area contributed by atoms with E-state index in [4.69, 9.17) is 16.6 Å². The molecule has 0 aliphatic carbocycles. The molecule has 8 heteroatoms. The van der Waals surface area contributed by atoms with Crippen LogP contribution in [-0.2, 0) is 0 Å². The summed E-state index contributed by atoms with van der Waals surface area (Å²) in [5.74, 6) is -0.630. The van der Waals surface area contributed by atoms with Crippen LogP contribution in [-0.4, -0.2) is 28.7 Å². The van der Waals surface area contributed by atoms with Crippen LogP contribution in [0.15, 0.2) is 34.3 Å². The highest BCUT2D eigenvalue weighted by atomic mass is 35.5. The molecule has 1 aromatic rings. The summed E-state index contributed by atoms with van der Waals surface area (Å²) in [6.45, 7) is 3.68. The van der Waals surface area contributed by atoms with Crippen LogP contribution in [0.2, 0.25) is 0 Å². The second-order valence-corrected chi connectivity index (χ2v) is 4.62. The highest BCUT2D eigenvalue weighted by molar-refractivity contribution is 6.05. The van der Waals surface area contributed by atoms with Crippen molar-refractivity contribution in [3.63, 3.8) is 0 Å². The summed E-state index contributed by atoms with van der Waals surface area (Å²) < 4.78 is 0. The predicted octanol–water partition coefficient (Wildman–Crippen LogP) is -2.43. The van der Waals surface area contributed by atoms with Gasteiger partial charge in [-0.25, -0.2) is 9.79 Å². The molecule has 108 valence electrons. The third-order valence-corrected chi connectivity index (χ3v) is 2.77. The lowest BCUT2D eigenvalue weighted by Gasteiger charge is -2.38. The van der Waals surface area contributed by atoms with E-state index in [2.05, 4.69) is 9.98 Å². The number of nitrogens with two attached hydrogens (primary N) is 2.